The number of aliphatic carboxylic acids is 1. The van der Waals surface area contributed by atoms with Gasteiger partial charge in [0.25, 0.3) is 0 Å². The minimum atomic E-state index is -0.884. The van der Waals surface area contributed by atoms with E-state index < -0.39 is 17.5 Å². The molecule has 19 heavy (non-hydrogen) atoms. The molecule has 1 aliphatic rings. The zero-order valence-electron chi connectivity index (χ0n) is 11.7. The van der Waals surface area contributed by atoms with E-state index in [9.17, 15) is 14.7 Å². The molecule has 0 aromatic rings. The van der Waals surface area contributed by atoms with Crippen molar-refractivity contribution in [3.63, 3.8) is 0 Å². The van der Waals surface area contributed by atoms with Crippen LogP contribution in [0.3, 0.4) is 0 Å². The number of aliphatic hydroxyl groups is 1. The van der Waals surface area contributed by atoms with Crippen molar-refractivity contribution in [1.82, 2.24) is 5.32 Å². The highest BCUT2D eigenvalue weighted by Crippen LogP contribution is 2.38. The Morgan fingerprint density at radius 2 is 1.79 bits per heavy atom. The van der Waals surface area contributed by atoms with E-state index >= 15 is 0 Å². The Hall–Kier alpha value is -1.10. The van der Waals surface area contributed by atoms with Crippen LogP contribution in [-0.4, -0.2) is 34.7 Å². The first kappa shape index (κ1) is 16.0. The molecule has 1 saturated carbocycles. The van der Waals surface area contributed by atoms with Crippen LogP contribution in [0.5, 0.6) is 0 Å². The van der Waals surface area contributed by atoms with Crippen LogP contribution in [0.15, 0.2) is 0 Å². The lowest BCUT2D eigenvalue weighted by Crippen LogP contribution is -2.38. The number of carboxylic acid groups (broad SMARTS) is 1. The molecular formula is C14H25NO4. The standard InChI is InChI=1S/C14H25NO4/c1-11(16)6-9-15-12(17)10-14(13(18)19)7-4-2-3-5-8-14/h11,16H,2-10H2,1H3,(H,15,17)(H,18,19). The maximum absolute atomic E-state index is 11.9. The van der Waals surface area contributed by atoms with Gasteiger partial charge in [0.15, 0.2) is 0 Å². The summed E-state index contributed by atoms with van der Waals surface area (Å²) in [6, 6.07) is 0. The van der Waals surface area contributed by atoms with Crippen LogP contribution < -0.4 is 5.32 Å². The summed E-state index contributed by atoms with van der Waals surface area (Å²) in [5.41, 5.74) is -0.884. The first-order valence-corrected chi connectivity index (χ1v) is 7.14. The molecule has 0 aliphatic heterocycles. The van der Waals surface area contributed by atoms with E-state index in [1.54, 1.807) is 6.92 Å². The van der Waals surface area contributed by atoms with E-state index in [0.29, 0.717) is 25.8 Å². The molecule has 110 valence electrons. The predicted octanol–water partition coefficient (Wildman–Crippen LogP) is 1.69. The van der Waals surface area contributed by atoms with Crippen LogP contribution in [0.2, 0.25) is 0 Å². The van der Waals surface area contributed by atoms with Crippen LogP contribution in [0.4, 0.5) is 0 Å². The molecule has 1 amide bonds. The number of aliphatic hydroxyl groups excluding tert-OH is 1. The zero-order valence-corrected chi connectivity index (χ0v) is 11.7. The van der Waals surface area contributed by atoms with E-state index in [0.717, 1.165) is 25.7 Å². The summed E-state index contributed by atoms with van der Waals surface area (Å²) in [5, 5.41) is 21.3. The SMILES string of the molecule is CC(O)CCNC(=O)CC1(C(=O)O)CCCCCC1. The fourth-order valence-corrected chi connectivity index (χ4v) is 2.66. The largest absolute Gasteiger partial charge is 0.481 e. The van der Waals surface area contributed by atoms with Gasteiger partial charge in [-0.2, -0.15) is 0 Å². The highest BCUT2D eigenvalue weighted by molar-refractivity contribution is 5.85. The molecule has 1 fully saturated rings. The number of nitrogens with one attached hydrogen (secondary N) is 1. The fraction of sp³-hybridized carbons (Fsp3) is 0.857. The quantitative estimate of drug-likeness (QED) is 0.642. The average Bonchev–Trinajstić information content (AvgIpc) is 2.55. The van der Waals surface area contributed by atoms with Gasteiger partial charge in [-0.15, -0.1) is 0 Å². The smallest absolute Gasteiger partial charge is 0.310 e. The molecule has 3 N–H and O–H groups in total. The number of amides is 1. The molecule has 5 heteroatoms. The first-order valence-electron chi connectivity index (χ1n) is 7.14. The molecular weight excluding hydrogens is 246 g/mol. The minimum Gasteiger partial charge on any atom is -0.481 e. The zero-order chi connectivity index (χ0) is 14.3. The van der Waals surface area contributed by atoms with Gasteiger partial charge in [-0.3, -0.25) is 9.59 Å². The third kappa shape index (κ3) is 5.19. The number of carboxylic acids is 1. The third-order valence-electron chi connectivity index (χ3n) is 3.90. The second-order valence-electron chi connectivity index (χ2n) is 5.66. The minimum absolute atomic E-state index is 0.0577. The third-order valence-corrected chi connectivity index (χ3v) is 3.90. The van der Waals surface area contributed by atoms with Gasteiger partial charge in [-0.1, -0.05) is 25.7 Å². The van der Waals surface area contributed by atoms with Crippen molar-refractivity contribution in [3.05, 3.63) is 0 Å². The van der Waals surface area contributed by atoms with E-state index in [1.807, 2.05) is 0 Å². The van der Waals surface area contributed by atoms with Crippen molar-refractivity contribution >= 4 is 11.9 Å². The van der Waals surface area contributed by atoms with Gasteiger partial charge in [0.2, 0.25) is 5.91 Å². The Balaban J connectivity index is 2.52. The fourth-order valence-electron chi connectivity index (χ4n) is 2.66. The normalized spacial score (nSPS) is 20.3. The Bertz CT molecular complexity index is 307. The van der Waals surface area contributed by atoms with Crippen LogP contribution in [0.25, 0.3) is 0 Å². The molecule has 5 nitrogen and oxygen atoms in total. The number of carbonyl (C=O) groups excluding carboxylic acids is 1. The topological polar surface area (TPSA) is 86.6 Å². The maximum Gasteiger partial charge on any atom is 0.310 e. The van der Waals surface area contributed by atoms with Crippen molar-refractivity contribution in [2.45, 2.75) is 64.4 Å². The predicted molar refractivity (Wildman–Crippen MR) is 71.7 cm³/mol. The van der Waals surface area contributed by atoms with Crippen molar-refractivity contribution in [2.24, 2.45) is 5.41 Å². The van der Waals surface area contributed by atoms with Crippen molar-refractivity contribution in [1.29, 1.82) is 0 Å². The van der Waals surface area contributed by atoms with Gasteiger partial charge in [-0.25, -0.2) is 0 Å². The Morgan fingerprint density at radius 3 is 2.26 bits per heavy atom. The molecule has 0 heterocycles. The molecule has 1 aliphatic carbocycles. The van der Waals surface area contributed by atoms with Crippen molar-refractivity contribution in [2.75, 3.05) is 6.54 Å². The van der Waals surface area contributed by atoms with Crippen molar-refractivity contribution < 1.29 is 19.8 Å². The van der Waals surface area contributed by atoms with E-state index in [2.05, 4.69) is 5.32 Å². The summed E-state index contributed by atoms with van der Waals surface area (Å²) < 4.78 is 0. The molecule has 1 rings (SSSR count). The highest BCUT2D eigenvalue weighted by atomic mass is 16.4. The molecule has 1 unspecified atom stereocenters. The van der Waals surface area contributed by atoms with Gasteiger partial charge < -0.3 is 15.5 Å². The average molecular weight is 271 g/mol. The van der Waals surface area contributed by atoms with Gasteiger partial charge in [0, 0.05) is 13.0 Å². The summed E-state index contributed by atoms with van der Waals surface area (Å²) in [7, 11) is 0. The van der Waals surface area contributed by atoms with E-state index in [-0.39, 0.29) is 12.3 Å². The highest BCUT2D eigenvalue weighted by Gasteiger charge is 2.40. The molecule has 0 aromatic carbocycles. The van der Waals surface area contributed by atoms with Gasteiger partial charge in [0.1, 0.15) is 0 Å². The van der Waals surface area contributed by atoms with Crippen molar-refractivity contribution in [3.8, 4) is 0 Å². The maximum atomic E-state index is 11.9. The molecule has 1 atom stereocenters. The van der Waals surface area contributed by atoms with Crippen LogP contribution in [0, 0.1) is 5.41 Å². The second-order valence-corrected chi connectivity index (χ2v) is 5.66. The lowest BCUT2D eigenvalue weighted by atomic mass is 9.77. The monoisotopic (exact) mass is 271 g/mol. The Morgan fingerprint density at radius 1 is 1.21 bits per heavy atom. The number of carbonyl (C=O) groups is 2. The lowest BCUT2D eigenvalue weighted by Gasteiger charge is -2.27. The van der Waals surface area contributed by atoms with Gasteiger partial charge in [-0.05, 0) is 26.2 Å². The van der Waals surface area contributed by atoms with Gasteiger partial charge >= 0.3 is 5.97 Å². The van der Waals surface area contributed by atoms with Crippen LogP contribution >= 0.6 is 0 Å². The molecule has 0 radical (unpaired) electrons. The summed E-state index contributed by atoms with van der Waals surface area (Å²) >= 11 is 0. The lowest BCUT2D eigenvalue weighted by molar-refractivity contribution is -0.152. The Kier molecular flexibility index (Phi) is 6.28. The van der Waals surface area contributed by atoms with E-state index in [1.165, 1.54) is 0 Å². The number of rotatable bonds is 6. The van der Waals surface area contributed by atoms with Crippen LogP contribution in [0.1, 0.15) is 58.3 Å². The van der Waals surface area contributed by atoms with Gasteiger partial charge in [0.05, 0.1) is 11.5 Å². The first-order chi connectivity index (χ1) is 8.96. The number of hydrogen-bond donors (Lipinski definition) is 3. The summed E-state index contributed by atoms with van der Waals surface area (Å²) in [6.07, 6.45) is 5.15. The number of hydrogen-bond acceptors (Lipinski definition) is 3. The Labute approximate surface area is 114 Å². The van der Waals surface area contributed by atoms with Crippen LogP contribution in [-0.2, 0) is 9.59 Å². The molecule has 0 spiro atoms. The molecule has 0 aromatic heterocycles. The second kappa shape index (κ2) is 7.48. The summed E-state index contributed by atoms with van der Waals surface area (Å²) in [5.74, 6) is -1.06. The summed E-state index contributed by atoms with van der Waals surface area (Å²) in [6.45, 7) is 2.06. The molecule has 0 saturated heterocycles. The molecule has 0 bridgehead atoms. The van der Waals surface area contributed by atoms with E-state index in [4.69, 9.17) is 5.11 Å². The summed E-state index contributed by atoms with van der Waals surface area (Å²) in [4.78, 5) is 23.4.